The van der Waals surface area contributed by atoms with Gasteiger partial charge in [0.05, 0.1) is 16.8 Å². The molecule has 0 saturated heterocycles. The summed E-state index contributed by atoms with van der Waals surface area (Å²) in [4.78, 5) is 13.6. The second-order valence-electron chi connectivity index (χ2n) is 4.73. The predicted octanol–water partition coefficient (Wildman–Crippen LogP) is 2.22. The number of hydrogen-bond donors (Lipinski definition) is 2. The van der Waals surface area contributed by atoms with E-state index in [-0.39, 0.29) is 5.91 Å². The Bertz CT molecular complexity index is 662. The number of amides is 1. The van der Waals surface area contributed by atoms with Crippen molar-refractivity contribution in [1.82, 2.24) is 15.1 Å². The van der Waals surface area contributed by atoms with Crippen LogP contribution in [0.4, 0.5) is 5.69 Å². The first-order valence-electron chi connectivity index (χ1n) is 6.05. The molecule has 2 heterocycles. The lowest BCUT2D eigenvalue weighted by Gasteiger charge is -2.01. The van der Waals surface area contributed by atoms with Crippen molar-refractivity contribution in [2.75, 3.05) is 12.3 Å². The van der Waals surface area contributed by atoms with Gasteiger partial charge in [0.15, 0.2) is 0 Å². The highest BCUT2D eigenvalue weighted by Gasteiger charge is 2.20. The molecule has 2 rings (SSSR count). The zero-order valence-corrected chi connectivity index (χ0v) is 12.4. The third-order valence-corrected chi connectivity index (χ3v) is 4.13. The Morgan fingerprint density at radius 1 is 1.53 bits per heavy atom. The Morgan fingerprint density at radius 3 is 2.79 bits per heavy atom. The highest BCUT2D eigenvalue weighted by molar-refractivity contribution is 7.21. The van der Waals surface area contributed by atoms with E-state index in [9.17, 15) is 4.79 Å². The van der Waals surface area contributed by atoms with Crippen LogP contribution in [-0.2, 0) is 7.05 Å². The molecule has 0 aromatic carbocycles. The Kier molecular flexibility index (Phi) is 3.61. The average molecular weight is 278 g/mol. The van der Waals surface area contributed by atoms with Crippen molar-refractivity contribution in [3.05, 3.63) is 22.2 Å². The highest BCUT2D eigenvalue weighted by Crippen LogP contribution is 2.35. The first kappa shape index (κ1) is 13.6. The molecule has 0 fully saturated rings. The van der Waals surface area contributed by atoms with Gasteiger partial charge in [-0.2, -0.15) is 5.10 Å². The van der Waals surface area contributed by atoms with Crippen LogP contribution in [0, 0.1) is 6.92 Å². The van der Waals surface area contributed by atoms with Crippen molar-refractivity contribution < 1.29 is 4.79 Å². The summed E-state index contributed by atoms with van der Waals surface area (Å²) in [5, 5.41) is 8.04. The van der Waals surface area contributed by atoms with Crippen LogP contribution in [0.15, 0.2) is 11.6 Å². The van der Waals surface area contributed by atoms with E-state index in [4.69, 9.17) is 5.73 Å². The molecule has 102 valence electrons. The molecule has 0 aliphatic carbocycles. The number of thiophene rings is 1. The van der Waals surface area contributed by atoms with Crippen molar-refractivity contribution in [3.63, 3.8) is 0 Å². The molecule has 0 saturated carbocycles. The molecular weight excluding hydrogens is 260 g/mol. The number of fused-ring (bicyclic) bond motifs is 1. The summed E-state index contributed by atoms with van der Waals surface area (Å²) in [5.41, 5.74) is 8.62. The molecule has 6 heteroatoms. The maximum absolute atomic E-state index is 12.1. The van der Waals surface area contributed by atoms with Gasteiger partial charge < -0.3 is 11.1 Å². The average Bonchev–Trinajstić information content (AvgIpc) is 2.79. The molecular formula is C13H18N4OS. The van der Waals surface area contributed by atoms with E-state index in [0.29, 0.717) is 17.1 Å². The number of nitrogen functional groups attached to an aromatic ring is 1. The summed E-state index contributed by atoms with van der Waals surface area (Å²) in [6, 6.07) is 0. The minimum absolute atomic E-state index is 0.129. The van der Waals surface area contributed by atoms with Crippen LogP contribution in [-0.4, -0.2) is 22.2 Å². The molecule has 1 amide bonds. The fraction of sp³-hybridized carbons (Fsp3) is 0.385. The van der Waals surface area contributed by atoms with Crippen LogP contribution >= 0.6 is 11.3 Å². The molecule has 2 aromatic heterocycles. The summed E-state index contributed by atoms with van der Waals surface area (Å²) in [5.74, 6) is -0.129. The topological polar surface area (TPSA) is 72.9 Å². The van der Waals surface area contributed by atoms with Gasteiger partial charge in [0.25, 0.3) is 5.91 Å². The van der Waals surface area contributed by atoms with Crippen molar-refractivity contribution in [2.45, 2.75) is 20.8 Å². The highest BCUT2D eigenvalue weighted by atomic mass is 32.1. The van der Waals surface area contributed by atoms with Crippen molar-refractivity contribution in [2.24, 2.45) is 7.05 Å². The number of carbonyl (C=O) groups excluding carboxylic acids is 1. The van der Waals surface area contributed by atoms with Gasteiger partial charge in [-0.05, 0) is 20.8 Å². The van der Waals surface area contributed by atoms with Crippen LogP contribution in [0.5, 0.6) is 0 Å². The molecule has 0 aliphatic heterocycles. The third-order valence-electron chi connectivity index (χ3n) is 2.86. The lowest BCUT2D eigenvalue weighted by molar-refractivity contribution is 0.0963. The first-order chi connectivity index (χ1) is 8.91. The van der Waals surface area contributed by atoms with Gasteiger partial charge in [-0.3, -0.25) is 9.48 Å². The molecule has 0 radical (unpaired) electrons. The van der Waals surface area contributed by atoms with E-state index in [1.807, 2.05) is 33.9 Å². The number of nitrogens with one attached hydrogen (secondary N) is 1. The molecule has 0 aliphatic rings. The standard InChI is InChI=1S/C13H18N4OS/c1-7(2)5-6-15-12(18)11-10(14)9-8(3)16-17(4)13(9)19-11/h5H,6,14H2,1-4H3,(H,15,18). The smallest absolute Gasteiger partial charge is 0.263 e. The van der Waals surface area contributed by atoms with Crippen molar-refractivity contribution in [1.29, 1.82) is 0 Å². The Hall–Kier alpha value is -1.82. The number of aryl methyl sites for hydroxylation is 2. The second-order valence-corrected chi connectivity index (χ2v) is 5.72. The maximum atomic E-state index is 12.1. The van der Waals surface area contributed by atoms with Gasteiger partial charge in [-0.1, -0.05) is 11.6 Å². The molecule has 0 atom stereocenters. The molecule has 0 bridgehead atoms. The van der Waals surface area contributed by atoms with Crippen molar-refractivity contribution >= 4 is 33.1 Å². The van der Waals surface area contributed by atoms with Gasteiger partial charge >= 0.3 is 0 Å². The summed E-state index contributed by atoms with van der Waals surface area (Å²) in [6.45, 7) is 6.41. The van der Waals surface area contributed by atoms with Gasteiger partial charge in [-0.25, -0.2) is 0 Å². The van der Waals surface area contributed by atoms with Gasteiger partial charge in [0.1, 0.15) is 9.71 Å². The summed E-state index contributed by atoms with van der Waals surface area (Å²) in [7, 11) is 1.86. The van der Waals surface area contributed by atoms with Crippen LogP contribution < -0.4 is 11.1 Å². The SMILES string of the molecule is CC(C)=CCNC(=O)c1sc2c(c(C)nn2C)c1N. The summed E-state index contributed by atoms with van der Waals surface area (Å²) >= 11 is 1.38. The van der Waals surface area contributed by atoms with Gasteiger partial charge in [0, 0.05) is 13.6 Å². The number of aromatic nitrogens is 2. The van der Waals surface area contributed by atoms with E-state index in [1.54, 1.807) is 4.68 Å². The lowest BCUT2D eigenvalue weighted by atomic mass is 10.2. The number of allylic oxidation sites excluding steroid dienone is 1. The number of nitrogens with two attached hydrogens (primary N) is 1. The molecule has 0 unspecified atom stereocenters. The number of hydrogen-bond acceptors (Lipinski definition) is 4. The number of carbonyl (C=O) groups is 1. The monoisotopic (exact) mass is 278 g/mol. The Balaban J connectivity index is 2.30. The molecule has 5 nitrogen and oxygen atoms in total. The van der Waals surface area contributed by atoms with E-state index >= 15 is 0 Å². The minimum atomic E-state index is -0.129. The van der Waals surface area contributed by atoms with Gasteiger partial charge in [-0.15, -0.1) is 11.3 Å². The van der Waals surface area contributed by atoms with Crippen LogP contribution in [0.2, 0.25) is 0 Å². The normalized spacial score (nSPS) is 10.7. The molecule has 3 N–H and O–H groups in total. The molecule has 0 spiro atoms. The lowest BCUT2D eigenvalue weighted by Crippen LogP contribution is -2.23. The number of anilines is 1. The van der Waals surface area contributed by atoms with E-state index in [0.717, 1.165) is 15.9 Å². The molecule has 19 heavy (non-hydrogen) atoms. The molecule has 2 aromatic rings. The quantitative estimate of drug-likeness (QED) is 0.846. The predicted molar refractivity (Wildman–Crippen MR) is 79.5 cm³/mol. The second kappa shape index (κ2) is 5.05. The largest absolute Gasteiger partial charge is 0.397 e. The van der Waals surface area contributed by atoms with E-state index in [2.05, 4.69) is 10.4 Å². The minimum Gasteiger partial charge on any atom is -0.397 e. The van der Waals surface area contributed by atoms with Crippen LogP contribution in [0.3, 0.4) is 0 Å². The number of rotatable bonds is 3. The maximum Gasteiger partial charge on any atom is 0.263 e. The Labute approximate surface area is 116 Å². The summed E-state index contributed by atoms with van der Waals surface area (Å²) in [6.07, 6.45) is 1.97. The van der Waals surface area contributed by atoms with E-state index in [1.165, 1.54) is 16.9 Å². The fourth-order valence-corrected chi connectivity index (χ4v) is 3.03. The zero-order valence-electron chi connectivity index (χ0n) is 11.6. The van der Waals surface area contributed by atoms with Crippen molar-refractivity contribution in [3.8, 4) is 0 Å². The van der Waals surface area contributed by atoms with Crippen LogP contribution in [0.1, 0.15) is 29.2 Å². The summed E-state index contributed by atoms with van der Waals surface area (Å²) < 4.78 is 1.76. The van der Waals surface area contributed by atoms with Gasteiger partial charge in [0.2, 0.25) is 0 Å². The fourth-order valence-electron chi connectivity index (χ4n) is 1.93. The van der Waals surface area contributed by atoms with Crippen LogP contribution in [0.25, 0.3) is 10.2 Å². The first-order valence-corrected chi connectivity index (χ1v) is 6.86. The van der Waals surface area contributed by atoms with E-state index < -0.39 is 0 Å². The Morgan fingerprint density at radius 2 is 2.21 bits per heavy atom. The number of nitrogens with zero attached hydrogens (tertiary/aromatic N) is 2. The zero-order chi connectivity index (χ0) is 14.2. The third kappa shape index (κ3) is 2.49.